The molecule has 0 amide bonds. The van der Waals surface area contributed by atoms with Crippen molar-refractivity contribution in [2.75, 3.05) is 0 Å². The molecule has 0 aromatic carbocycles. The zero-order valence-electron chi connectivity index (χ0n) is 3.65. The van der Waals surface area contributed by atoms with Crippen molar-refractivity contribution in [3.8, 4) is 3.58 Å². The predicted octanol–water partition coefficient (Wildman–Crippen LogP) is -2.87. The van der Waals surface area contributed by atoms with Gasteiger partial charge in [-0.2, -0.15) is 0 Å². The summed E-state index contributed by atoms with van der Waals surface area (Å²) in [6.07, 6.45) is 0. The topological polar surface area (TPSA) is 23.8 Å². The number of nitriles is 1. The molecule has 0 radical (unpaired) electrons. The molecule has 0 N–H and O–H groups in total. The maximum Gasteiger partial charge on any atom is 1.00 e. The first kappa shape index (κ1) is 9.41. The number of hydrogen-bond donors (Lipinski definition) is 0. The summed E-state index contributed by atoms with van der Waals surface area (Å²) in [5.41, 5.74) is 0. The monoisotopic (exact) mass is 268 g/mol. The van der Waals surface area contributed by atoms with E-state index in [1.807, 2.05) is 3.58 Å². The first-order valence-electron chi connectivity index (χ1n) is 0.577. The standard InChI is InChI=1S/CN.Hg.K.H/c1-2;;;/q;;+1;-1. The molecule has 0 aliphatic carbocycles. The molecule has 13 valence electrons. The van der Waals surface area contributed by atoms with E-state index in [9.17, 15) is 0 Å². The van der Waals surface area contributed by atoms with Crippen LogP contribution in [0.1, 0.15) is 1.43 Å². The van der Waals surface area contributed by atoms with Gasteiger partial charge in [0.2, 0.25) is 0 Å². The van der Waals surface area contributed by atoms with Gasteiger partial charge in [-0.15, -0.1) is 0 Å². The van der Waals surface area contributed by atoms with Gasteiger partial charge >= 0.3 is 86.3 Å². The molecule has 0 rings (SSSR count). The Labute approximate surface area is 85.6 Å². The first-order chi connectivity index (χ1) is 1.41. The average molecular weight is 267 g/mol. The Hall–Kier alpha value is 2.06. The third-order valence-corrected chi connectivity index (χ3v) is 0. The van der Waals surface area contributed by atoms with Crippen molar-refractivity contribution >= 4 is 0 Å². The number of nitrogens with zero attached hydrogens (tertiary/aromatic N) is 1. The van der Waals surface area contributed by atoms with Gasteiger partial charge in [0.15, 0.2) is 0 Å². The summed E-state index contributed by atoms with van der Waals surface area (Å²) in [7, 11) is 0. The molecular formula is CHHgKN. The Bertz CT molecular complexity index is 33.1. The molecular weight excluding hydrogens is 266 g/mol. The summed E-state index contributed by atoms with van der Waals surface area (Å²) in [4.78, 5) is 0. The van der Waals surface area contributed by atoms with Crippen molar-refractivity contribution in [2.45, 2.75) is 0 Å². The van der Waals surface area contributed by atoms with Crippen LogP contribution in [0.4, 0.5) is 0 Å². The molecule has 0 unspecified atom stereocenters. The van der Waals surface area contributed by atoms with Gasteiger partial charge in [-0.05, 0) is 0 Å². The molecule has 0 aliphatic rings. The fourth-order valence-electron chi connectivity index (χ4n) is 0. The van der Waals surface area contributed by atoms with E-state index in [0.29, 0.717) is 26.1 Å². The number of hydrogen-bond acceptors (Lipinski definition) is 1. The van der Waals surface area contributed by atoms with Crippen LogP contribution in [0.25, 0.3) is 0 Å². The summed E-state index contributed by atoms with van der Waals surface area (Å²) in [6, 6.07) is 0. The van der Waals surface area contributed by atoms with Gasteiger partial charge in [0.05, 0.1) is 0 Å². The van der Waals surface area contributed by atoms with Crippen LogP contribution >= 0.6 is 0 Å². The molecule has 0 fully saturated rings. The fraction of sp³-hybridized carbons (Fsp3) is 0. The summed E-state index contributed by atoms with van der Waals surface area (Å²) in [5.74, 6) is 0. The molecule has 0 heterocycles. The molecule has 0 spiro atoms. The molecule has 0 bridgehead atoms. The van der Waals surface area contributed by atoms with Crippen LogP contribution in [0, 0.1) is 8.84 Å². The minimum absolute atomic E-state index is 0. The van der Waals surface area contributed by atoms with Crippen molar-refractivity contribution in [3.05, 3.63) is 0 Å². The largest absolute Gasteiger partial charge is 1.00 e. The first-order valence-corrected chi connectivity index (χ1v) is 3.33. The van der Waals surface area contributed by atoms with Gasteiger partial charge in [0, 0.05) is 0 Å². The average Bonchev–Trinajstić information content (AvgIpc) is 0.918. The van der Waals surface area contributed by atoms with Gasteiger partial charge in [0.25, 0.3) is 0 Å². The van der Waals surface area contributed by atoms with Crippen molar-refractivity contribution in [1.82, 2.24) is 0 Å². The van der Waals surface area contributed by atoms with Crippen LogP contribution < -0.4 is 51.4 Å². The van der Waals surface area contributed by atoms with E-state index in [2.05, 4.69) is 0 Å². The SMILES string of the molecule is N#[C][Hg].[H-].[K+]. The molecule has 0 atom stereocenters. The van der Waals surface area contributed by atoms with E-state index < -0.39 is 0 Å². The van der Waals surface area contributed by atoms with Crippen molar-refractivity contribution in [3.63, 3.8) is 0 Å². The second-order valence-electron chi connectivity index (χ2n) is 0.158. The van der Waals surface area contributed by atoms with Crippen molar-refractivity contribution in [2.24, 2.45) is 0 Å². The Morgan fingerprint density at radius 1 is 2.00 bits per heavy atom. The van der Waals surface area contributed by atoms with Gasteiger partial charge in [-0.3, -0.25) is 0 Å². The molecule has 0 aromatic rings. The summed E-state index contributed by atoms with van der Waals surface area (Å²) >= 11 is 0.372. The molecule has 4 heavy (non-hydrogen) atoms. The number of rotatable bonds is 0. The third-order valence-electron chi connectivity index (χ3n) is 0. The molecule has 0 aromatic heterocycles. The summed E-state index contributed by atoms with van der Waals surface area (Å²) in [6.45, 7) is 0. The Morgan fingerprint density at radius 3 is 2.00 bits per heavy atom. The maximum atomic E-state index is 7.41. The Kier molecular flexibility index (Phi) is 21.0. The van der Waals surface area contributed by atoms with E-state index >= 15 is 0 Å². The van der Waals surface area contributed by atoms with E-state index in [1.54, 1.807) is 0 Å². The van der Waals surface area contributed by atoms with Gasteiger partial charge in [-0.25, -0.2) is 0 Å². The summed E-state index contributed by atoms with van der Waals surface area (Å²) in [5, 5.41) is 7.41. The predicted molar refractivity (Wildman–Crippen MR) is 6.72 cm³/mol. The van der Waals surface area contributed by atoms with Crippen molar-refractivity contribution in [1.29, 1.82) is 5.26 Å². The molecule has 3 heteroatoms. The molecule has 1 nitrogen and oxygen atoms in total. The van der Waals surface area contributed by atoms with Crippen LogP contribution in [0.2, 0.25) is 0 Å². The van der Waals surface area contributed by atoms with E-state index in [0.717, 1.165) is 0 Å². The van der Waals surface area contributed by atoms with Crippen LogP contribution in [-0.2, 0) is 26.1 Å². The second kappa shape index (κ2) is 8.91. The Balaban J connectivity index is -0.0000000200. The maximum absolute atomic E-state index is 7.41. The van der Waals surface area contributed by atoms with Crippen LogP contribution in [0.3, 0.4) is 0 Å². The van der Waals surface area contributed by atoms with Gasteiger partial charge in [-0.1, -0.05) is 0 Å². The van der Waals surface area contributed by atoms with E-state index in [4.69, 9.17) is 5.26 Å². The zero-order chi connectivity index (χ0) is 2.71. The molecule has 0 saturated heterocycles. The van der Waals surface area contributed by atoms with Crippen molar-refractivity contribution < 1.29 is 78.9 Å². The minimum atomic E-state index is 0. The van der Waals surface area contributed by atoms with Gasteiger partial charge < -0.3 is 1.43 Å². The quantitative estimate of drug-likeness (QED) is 0.433. The molecule has 0 aliphatic heterocycles. The van der Waals surface area contributed by atoms with Gasteiger partial charge in [0.1, 0.15) is 0 Å². The van der Waals surface area contributed by atoms with Crippen LogP contribution in [0.15, 0.2) is 0 Å². The fourth-order valence-corrected chi connectivity index (χ4v) is 0. The van der Waals surface area contributed by atoms with Crippen LogP contribution in [0.5, 0.6) is 0 Å². The third kappa shape index (κ3) is 8.96. The zero-order valence-corrected chi connectivity index (χ0v) is 11.3. The van der Waals surface area contributed by atoms with E-state index in [-0.39, 0.29) is 52.8 Å². The smallest absolute Gasteiger partial charge is 1.00 e. The Morgan fingerprint density at radius 2 is 2.00 bits per heavy atom. The minimum Gasteiger partial charge on any atom is -1.00 e. The molecule has 0 saturated carbocycles. The van der Waals surface area contributed by atoms with Crippen LogP contribution in [-0.4, -0.2) is 0 Å². The second-order valence-corrected chi connectivity index (χ2v) is 1.39. The van der Waals surface area contributed by atoms with E-state index in [1.165, 1.54) is 0 Å². The normalized spacial score (nSPS) is 2.25. The summed E-state index contributed by atoms with van der Waals surface area (Å²) < 4.78 is 1.94.